The molecule has 2 amide bonds. The zero-order chi connectivity index (χ0) is 17.2. The minimum Gasteiger partial charge on any atom is -0.376 e. The number of nitrogens with one attached hydrogen (secondary N) is 1. The monoisotopic (exact) mass is 337 g/mol. The summed E-state index contributed by atoms with van der Waals surface area (Å²) in [5.74, 6) is 0.0909. The second kappa shape index (κ2) is 10.1. The van der Waals surface area contributed by atoms with Crippen molar-refractivity contribution in [3.8, 4) is 0 Å². The number of aromatic nitrogens is 1. The van der Waals surface area contributed by atoms with Crippen molar-refractivity contribution >= 4 is 17.6 Å². The Kier molecular flexibility index (Phi) is 7.74. The van der Waals surface area contributed by atoms with Gasteiger partial charge in [0.1, 0.15) is 6.26 Å². The molecule has 2 heterocycles. The van der Waals surface area contributed by atoms with Crippen LogP contribution < -0.4 is 5.32 Å². The van der Waals surface area contributed by atoms with Crippen LogP contribution in [0.2, 0.25) is 0 Å². The van der Waals surface area contributed by atoms with Crippen LogP contribution in [0.25, 0.3) is 0 Å². The van der Waals surface area contributed by atoms with Gasteiger partial charge in [-0.1, -0.05) is 31.3 Å². The number of carbonyl (C=O) groups is 2. The van der Waals surface area contributed by atoms with E-state index in [4.69, 9.17) is 4.74 Å². The van der Waals surface area contributed by atoms with E-state index in [1.807, 2.05) is 0 Å². The maximum absolute atomic E-state index is 12.5. The highest BCUT2D eigenvalue weighted by molar-refractivity contribution is 5.93. The van der Waals surface area contributed by atoms with Crippen LogP contribution >= 0.6 is 0 Å². The molecule has 1 aliphatic rings. The molecule has 134 valence electrons. The average Bonchev–Trinajstić information content (AvgIpc) is 3.24. The van der Waals surface area contributed by atoms with Gasteiger partial charge in [0, 0.05) is 25.6 Å². The summed E-state index contributed by atoms with van der Waals surface area (Å²) in [6.45, 7) is 3.35. The van der Waals surface area contributed by atoms with Crippen LogP contribution in [0.15, 0.2) is 16.9 Å². The number of rotatable bonds is 10. The SMILES string of the molecule is CCCCCCC(=O)N(CC(=O)Nc1ccon1)C[C@@H]1CCCO1. The molecular formula is C17H27N3O4. The molecule has 1 aromatic rings. The zero-order valence-corrected chi connectivity index (χ0v) is 14.3. The van der Waals surface area contributed by atoms with Crippen LogP contribution in [0.3, 0.4) is 0 Å². The number of hydrogen-bond acceptors (Lipinski definition) is 5. The van der Waals surface area contributed by atoms with Gasteiger partial charge in [0.25, 0.3) is 0 Å². The molecule has 1 aliphatic heterocycles. The summed E-state index contributed by atoms with van der Waals surface area (Å²) < 4.78 is 10.3. The van der Waals surface area contributed by atoms with Gasteiger partial charge in [-0.2, -0.15) is 0 Å². The largest absolute Gasteiger partial charge is 0.376 e. The first-order chi connectivity index (χ1) is 11.7. The molecule has 1 N–H and O–H groups in total. The Hall–Kier alpha value is -1.89. The van der Waals surface area contributed by atoms with Crippen molar-refractivity contribution in [1.82, 2.24) is 10.1 Å². The van der Waals surface area contributed by atoms with E-state index in [9.17, 15) is 9.59 Å². The fraction of sp³-hybridized carbons (Fsp3) is 0.706. The fourth-order valence-electron chi connectivity index (χ4n) is 2.78. The molecule has 0 aliphatic carbocycles. The maximum atomic E-state index is 12.5. The molecule has 1 fully saturated rings. The number of unbranched alkanes of at least 4 members (excludes halogenated alkanes) is 3. The van der Waals surface area contributed by atoms with Gasteiger partial charge in [-0.25, -0.2) is 0 Å². The molecule has 7 heteroatoms. The second-order valence-corrected chi connectivity index (χ2v) is 6.15. The van der Waals surface area contributed by atoms with E-state index in [-0.39, 0.29) is 24.5 Å². The van der Waals surface area contributed by atoms with Gasteiger partial charge in [0.05, 0.1) is 12.6 Å². The van der Waals surface area contributed by atoms with Crippen LogP contribution in [-0.2, 0) is 14.3 Å². The standard InChI is InChI=1S/C17H27N3O4/c1-2-3-4-5-8-17(22)20(12-14-7-6-10-23-14)13-16(21)18-15-9-11-24-19-15/h9,11,14H,2-8,10,12-13H2,1H3,(H,18,19,21)/t14-/m0/s1. The first-order valence-corrected chi connectivity index (χ1v) is 8.78. The Morgan fingerprint density at radius 1 is 1.38 bits per heavy atom. The van der Waals surface area contributed by atoms with E-state index in [1.54, 1.807) is 11.0 Å². The lowest BCUT2D eigenvalue weighted by Crippen LogP contribution is -2.42. The third-order valence-electron chi connectivity index (χ3n) is 4.08. The number of carbonyl (C=O) groups excluding carboxylic acids is 2. The molecule has 2 rings (SSSR count). The van der Waals surface area contributed by atoms with Gasteiger partial charge < -0.3 is 19.5 Å². The lowest BCUT2D eigenvalue weighted by atomic mass is 10.1. The highest BCUT2D eigenvalue weighted by Gasteiger charge is 2.24. The summed E-state index contributed by atoms with van der Waals surface area (Å²) in [4.78, 5) is 26.2. The van der Waals surface area contributed by atoms with Gasteiger partial charge in [0.2, 0.25) is 11.8 Å². The van der Waals surface area contributed by atoms with E-state index in [1.165, 1.54) is 6.26 Å². The van der Waals surface area contributed by atoms with E-state index >= 15 is 0 Å². The van der Waals surface area contributed by atoms with Gasteiger partial charge >= 0.3 is 0 Å². The third kappa shape index (κ3) is 6.31. The molecule has 24 heavy (non-hydrogen) atoms. The van der Waals surface area contributed by atoms with Crippen LogP contribution in [0.5, 0.6) is 0 Å². The summed E-state index contributed by atoms with van der Waals surface area (Å²) in [6, 6.07) is 1.56. The molecule has 7 nitrogen and oxygen atoms in total. The van der Waals surface area contributed by atoms with Gasteiger partial charge in [-0.05, 0) is 19.3 Å². The van der Waals surface area contributed by atoms with Crippen molar-refractivity contribution in [2.45, 2.75) is 58.0 Å². The van der Waals surface area contributed by atoms with E-state index < -0.39 is 0 Å². The quantitative estimate of drug-likeness (QED) is 0.663. The Balaban J connectivity index is 1.85. The van der Waals surface area contributed by atoms with Crippen molar-refractivity contribution in [3.05, 3.63) is 12.3 Å². The Bertz CT molecular complexity index is 498. The Morgan fingerprint density at radius 3 is 2.92 bits per heavy atom. The number of hydrogen-bond donors (Lipinski definition) is 1. The predicted molar refractivity (Wildman–Crippen MR) is 89.4 cm³/mol. The first kappa shape index (κ1) is 18.4. The zero-order valence-electron chi connectivity index (χ0n) is 14.3. The number of nitrogens with zero attached hydrogens (tertiary/aromatic N) is 2. The van der Waals surface area contributed by atoms with Gasteiger partial charge in [-0.3, -0.25) is 9.59 Å². The van der Waals surface area contributed by atoms with Crippen LogP contribution in [-0.4, -0.2) is 47.7 Å². The number of ether oxygens (including phenoxy) is 1. The smallest absolute Gasteiger partial charge is 0.245 e. The summed E-state index contributed by atoms with van der Waals surface area (Å²) in [7, 11) is 0. The van der Waals surface area contributed by atoms with Crippen LogP contribution in [0.4, 0.5) is 5.82 Å². The normalized spacial score (nSPS) is 17.0. The topological polar surface area (TPSA) is 84.7 Å². The average molecular weight is 337 g/mol. The molecule has 1 atom stereocenters. The van der Waals surface area contributed by atoms with Crippen molar-refractivity contribution in [3.63, 3.8) is 0 Å². The fourth-order valence-corrected chi connectivity index (χ4v) is 2.78. The molecule has 1 aromatic heterocycles. The lowest BCUT2D eigenvalue weighted by molar-refractivity contribution is -0.136. The van der Waals surface area contributed by atoms with Crippen LogP contribution in [0, 0.1) is 0 Å². The van der Waals surface area contributed by atoms with E-state index in [0.29, 0.717) is 18.8 Å². The maximum Gasteiger partial charge on any atom is 0.245 e. The minimum absolute atomic E-state index is 0.0110. The van der Waals surface area contributed by atoms with Crippen molar-refractivity contribution in [1.29, 1.82) is 0 Å². The molecular weight excluding hydrogens is 310 g/mol. The van der Waals surface area contributed by atoms with E-state index in [2.05, 4.69) is 21.9 Å². The van der Waals surface area contributed by atoms with Gasteiger partial charge in [-0.15, -0.1) is 0 Å². The molecule has 1 saturated heterocycles. The number of anilines is 1. The molecule has 0 radical (unpaired) electrons. The third-order valence-corrected chi connectivity index (χ3v) is 4.08. The molecule has 0 saturated carbocycles. The molecule has 0 bridgehead atoms. The van der Waals surface area contributed by atoms with Crippen LogP contribution in [0.1, 0.15) is 51.9 Å². The summed E-state index contributed by atoms with van der Waals surface area (Å²) in [6.07, 6.45) is 8.01. The first-order valence-electron chi connectivity index (χ1n) is 8.78. The Labute approximate surface area is 142 Å². The van der Waals surface area contributed by atoms with Crippen molar-refractivity contribution in [2.75, 3.05) is 25.0 Å². The van der Waals surface area contributed by atoms with Gasteiger partial charge in [0.15, 0.2) is 5.82 Å². The molecule has 0 spiro atoms. The lowest BCUT2D eigenvalue weighted by Gasteiger charge is -2.25. The highest BCUT2D eigenvalue weighted by Crippen LogP contribution is 2.15. The van der Waals surface area contributed by atoms with Crippen molar-refractivity contribution in [2.24, 2.45) is 0 Å². The molecule has 0 unspecified atom stereocenters. The Morgan fingerprint density at radius 2 is 2.25 bits per heavy atom. The summed E-state index contributed by atoms with van der Waals surface area (Å²) in [5, 5.41) is 6.28. The summed E-state index contributed by atoms with van der Waals surface area (Å²) >= 11 is 0. The second-order valence-electron chi connectivity index (χ2n) is 6.15. The predicted octanol–water partition coefficient (Wildman–Crippen LogP) is 2.59. The van der Waals surface area contributed by atoms with Crippen molar-refractivity contribution < 1.29 is 18.8 Å². The van der Waals surface area contributed by atoms with E-state index in [0.717, 1.165) is 45.1 Å². The summed E-state index contributed by atoms with van der Waals surface area (Å²) in [5.41, 5.74) is 0. The molecule has 0 aromatic carbocycles. The number of amides is 2. The highest BCUT2D eigenvalue weighted by atomic mass is 16.5. The minimum atomic E-state index is -0.274.